The smallest absolute Gasteiger partial charge is 0.251 e. The molecule has 19 heavy (non-hydrogen) atoms. The van der Waals surface area contributed by atoms with Crippen molar-refractivity contribution in [3.63, 3.8) is 0 Å². The number of ether oxygens (including phenoxy) is 1. The van der Waals surface area contributed by atoms with Crippen LogP contribution in [0.5, 0.6) is 0 Å². The molecule has 0 aliphatic carbocycles. The second-order valence-electron chi connectivity index (χ2n) is 5.56. The monoisotopic (exact) mass is 327 g/mol. The topological polar surface area (TPSA) is 38.3 Å². The third-order valence-electron chi connectivity index (χ3n) is 2.81. The summed E-state index contributed by atoms with van der Waals surface area (Å²) in [4.78, 5) is 12.4. The number of methoxy groups -OCH3 is 1. The molecule has 3 nitrogen and oxygen atoms in total. The van der Waals surface area contributed by atoms with Gasteiger partial charge in [0.2, 0.25) is 0 Å². The highest BCUT2D eigenvalue weighted by Gasteiger charge is 2.21. The molecule has 0 aliphatic rings. The average Bonchev–Trinajstić information content (AvgIpc) is 2.35. The van der Waals surface area contributed by atoms with Gasteiger partial charge < -0.3 is 10.1 Å². The first-order valence-electron chi connectivity index (χ1n) is 6.37. The van der Waals surface area contributed by atoms with Crippen LogP contribution in [-0.2, 0) is 10.2 Å². The van der Waals surface area contributed by atoms with Crippen LogP contribution in [0, 0.1) is 0 Å². The first-order valence-corrected chi connectivity index (χ1v) is 7.28. The van der Waals surface area contributed by atoms with Crippen molar-refractivity contribution in [3.05, 3.63) is 35.4 Å². The molecule has 1 rings (SSSR count). The lowest BCUT2D eigenvalue weighted by Crippen LogP contribution is -2.33. The molecule has 0 saturated heterocycles. The maximum Gasteiger partial charge on any atom is 0.251 e. The maximum atomic E-state index is 12.2. The molecule has 0 radical (unpaired) electrons. The fourth-order valence-corrected chi connectivity index (χ4v) is 2.30. The minimum absolute atomic E-state index is 0.0360. The molecule has 0 fully saturated rings. The van der Waals surface area contributed by atoms with E-state index in [-0.39, 0.29) is 16.1 Å². The largest absolute Gasteiger partial charge is 0.383 e. The highest BCUT2D eigenvalue weighted by molar-refractivity contribution is 9.09. The van der Waals surface area contributed by atoms with Gasteiger partial charge in [0.05, 0.1) is 11.4 Å². The Morgan fingerprint density at radius 1 is 1.37 bits per heavy atom. The number of hydrogen-bond acceptors (Lipinski definition) is 2. The molecule has 0 saturated carbocycles. The number of alkyl halides is 1. The van der Waals surface area contributed by atoms with Crippen LogP contribution in [0.15, 0.2) is 24.3 Å². The van der Waals surface area contributed by atoms with Gasteiger partial charge in [-0.25, -0.2) is 0 Å². The predicted molar refractivity (Wildman–Crippen MR) is 82.1 cm³/mol. The molecule has 1 unspecified atom stereocenters. The second kappa shape index (κ2) is 7.06. The molecule has 1 amide bonds. The first kappa shape index (κ1) is 16.2. The minimum Gasteiger partial charge on any atom is -0.383 e. The van der Waals surface area contributed by atoms with Crippen LogP contribution < -0.4 is 5.32 Å². The van der Waals surface area contributed by atoms with Gasteiger partial charge in [0, 0.05) is 19.2 Å². The van der Waals surface area contributed by atoms with Crippen molar-refractivity contribution < 1.29 is 9.53 Å². The van der Waals surface area contributed by atoms with Crippen molar-refractivity contribution in [1.82, 2.24) is 5.32 Å². The number of rotatable bonds is 5. The van der Waals surface area contributed by atoms with E-state index in [0.717, 1.165) is 11.1 Å². The zero-order valence-electron chi connectivity index (χ0n) is 12.0. The summed E-state index contributed by atoms with van der Waals surface area (Å²) in [5.41, 5.74) is 1.76. The van der Waals surface area contributed by atoms with Crippen LogP contribution in [0.1, 0.15) is 36.7 Å². The molecule has 0 spiro atoms. The molecule has 106 valence electrons. The molecule has 0 heterocycles. The Labute approximate surface area is 123 Å². The van der Waals surface area contributed by atoms with Gasteiger partial charge in [-0.1, -0.05) is 54.9 Å². The molecule has 1 aromatic rings. The summed E-state index contributed by atoms with van der Waals surface area (Å²) in [7, 11) is 1.64. The highest BCUT2D eigenvalue weighted by atomic mass is 79.9. The van der Waals surface area contributed by atoms with Crippen LogP contribution in [0.4, 0.5) is 0 Å². The lowest BCUT2D eigenvalue weighted by Gasteiger charge is -2.22. The fourth-order valence-electron chi connectivity index (χ4n) is 1.87. The quantitative estimate of drug-likeness (QED) is 0.844. The lowest BCUT2D eigenvalue weighted by molar-refractivity contribution is 0.0948. The predicted octanol–water partition coefficient (Wildman–Crippen LogP) is 3.12. The van der Waals surface area contributed by atoms with Crippen molar-refractivity contribution in [2.75, 3.05) is 20.3 Å². The second-order valence-corrected chi connectivity index (χ2v) is 6.85. The number of nitrogens with one attached hydrogen (secondary N) is 1. The molecular formula is C15H22BrNO2. The Kier molecular flexibility index (Phi) is 6.01. The summed E-state index contributed by atoms with van der Waals surface area (Å²) in [6.07, 6.45) is 0. The average molecular weight is 328 g/mol. The van der Waals surface area contributed by atoms with Crippen LogP contribution in [-0.4, -0.2) is 31.0 Å². The first-order chi connectivity index (χ1) is 8.86. The Morgan fingerprint density at radius 3 is 2.58 bits per heavy atom. The SMILES string of the molecule is COCC(Br)CNC(=O)c1ccccc1C(C)(C)C. The summed E-state index contributed by atoms with van der Waals surface area (Å²) < 4.78 is 5.02. The van der Waals surface area contributed by atoms with Gasteiger partial charge in [-0.05, 0) is 17.0 Å². The molecule has 0 aromatic heterocycles. The van der Waals surface area contributed by atoms with E-state index in [1.165, 1.54) is 0 Å². The Morgan fingerprint density at radius 2 is 2.00 bits per heavy atom. The Bertz CT molecular complexity index is 426. The summed E-state index contributed by atoms with van der Waals surface area (Å²) in [5.74, 6) is -0.0360. The van der Waals surface area contributed by atoms with E-state index in [4.69, 9.17) is 4.74 Å². The number of amides is 1. The summed E-state index contributed by atoms with van der Waals surface area (Å²) in [5, 5.41) is 2.93. The van der Waals surface area contributed by atoms with Gasteiger partial charge in [0.15, 0.2) is 0 Å². The van der Waals surface area contributed by atoms with Gasteiger partial charge in [-0.2, -0.15) is 0 Å². The van der Waals surface area contributed by atoms with E-state index in [9.17, 15) is 4.79 Å². The van der Waals surface area contributed by atoms with E-state index in [0.29, 0.717) is 13.2 Å². The molecule has 1 N–H and O–H groups in total. The van der Waals surface area contributed by atoms with Crippen LogP contribution >= 0.6 is 15.9 Å². The van der Waals surface area contributed by atoms with Crippen molar-refractivity contribution in [1.29, 1.82) is 0 Å². The maximum absolute atomic E-state index is 12.2. The Balaban J connectivity index is 2.78. The van der Waals surface area contributed by atoms with Gasteiger partial charge in [0.25, 0.3) is 5.91 Å². The molecular weight excluding hydrogens is 306 g/mol. The number of benzene rings is 1. The highest BCUT2D eigenvalue weighted by Crippen LogP contribution is 2.25. The number of carbonyl (C=O) groups is 1. The van der Waals surface area contributed by atoms with Gasteiger partial charge >= 0.3 is 0 Å². The third kappa shape index (κ3) is 4.96. The number of halogens is 1. The summed E-state index contributed by atoms with van der Waals surface area (Å²) >= 11 is 3.46. The van der Waals surface area contributed by atoms with E-state index in [1.54, 1.807) is 7.11 Å². The van der Waals surface area contributed by atoms with Crippen molar-refractivity contribution >= 4 is 21.8 Å². The van der Waals surface area contributed by atoms with Crippen molar-refractivity contribution in [2.45, 2.75) is 31.0 Å². The van der Waals surface area contributed by atoms with Crippen LogP contribution in [0.3, 0.4) is 0 Å². The van der Waals surface area contributed by atoms with Crippen LogP contribution in [0.2, 0.25) is 0 Å². The van der Waals surface area contributed by atoms with Crippen molar-refractivity contribution in [2.24, 2.45) is 0 Å². The molecule has 4 heteroatoms. The van der Waals surface area contributed by atoms with Crippen LogP contribution in [0.25, 0.3) is 0 Å². The number of carbonyl (C=O) groups excluding carboxylic acids is 1. The van der Waals surface area contributed by atoms with E-state index in [2.05, 4.69) is 42.0 Å². The normalized spacial score (nSPS) is 13.1. The van der Waals surface area contributed by atoms with Gasteiger partial charge in [-0.15, -0.1) is 0 Å². The summed E-state index contributed by atoms with van der Waals surface area (Å²) in [6.45, 7) is 7.44. The number of hydrogen-bond donors (Lipinski definition) is 1. The van der Waals surface area contributed by atoms with E-state index >= 15 is 0 Å². The van der Waals surface area contributed by atoms with Crippen molar-refractivity contribution in [3.8, 4) is 0 Å². The lowest BCUT2D eigenvalue weighted by atomic mass is 9.83. The molecule has 1 aromatic carbocycles. The Hall–Kier alpha value is -0.870. The van der Waals surface area contributed by atoms with E-state index in [1.807, 2.05) is 24.3 Å². The molecule has 0 bridgehead atoms. The molecule has 1 atom stereocenters. The minimum atomic E-state index is -0.0474. The van der Waals surface area contributed by atoms with Gasteiger partial charge in [0.1, 0.15) is 0 Å². The summed E-state index contributed by atoms with van der Waals surface area (Å²) in [6, 6.07) is 7.74. The zero-order valence-corrected chi connectivity index (χ0v) is 13.6. The third-order valence-corrected chi connectivity index (χ3v) is 3.40. The standard InChI is InChI=1S/C15H22BrNO2/c1-15(2,3)13-8-6-5-7-12(13)14(18)17-9-11(16)10-19-4/h5-8,11H,9-10H2,1-4H3,(H,17,18). The molecule has 0 aliphatic heterocycles. The van der Waals surface area contributed by atoms with E-state index < -0.39 is 0 Å². The zero-order chi connectivity index (χ0) is 14.5. The fraction of sp³-hybridized carbons (Fsp3) is 0.533. The van der Waals surface area contributed by atoms with Gasteiger partial charge in [-0.3, -0.25) is 4.79 Å².